The van der Waals surface area contributed by atoms with Gasteiger partial charge in [-0.1, -0.05) is 0 Å². The Morgan fingerprint density at radius 3 is 2.50 bits per heavy atom. The van der Waals surface area contributed by atoms with E-state index >= 15 is 0 Å². The molecular formula is C22H24N4O2. The zero-order valence-corrected chi connectivity index (χ0v) is 15.9. The minimum Gasteiger partial charge on any atom is -0.497 e. The van der Waals surface area contributed by atoms with E-state index in [1.165, 1.54) is 0 Å². The standard InChI is InChI=1S/C22H24N4O2/c1-28-20-8-11-23-21(16-20)24-18-9-14-26(15-10-18)22(27)17-4-6-19(7-5-17)25-12-2-3-13-25/h2-8,11-13,16,18H,9-10,14-15H2,1H3,(H,23,24). The van der Waals surface area contributed by atoms with E-state index in [-0.39, 0.29) is 5.91 Å². The molecule has 3 aromatic rings. The first-order valence-electron chi connectivity index (χ1n) is 9.52. The number of nitrogens with one attached hydrogen (secondary N) is 1. The molecule has 0 bridgehead atoms. The molecule has 0 atom stereocenters. The first-order valence-corrected chi connectivity index (χ1v) is 9.52. The number of hydrogen-bond donors (Lipinski definition) is 1. The molecule has 0 saturated carbocycles. The average Bonchev–Trinajstić information content (AvgIpc) is 3.29. The first-order chi connectivity index (χ1) is 13.7. The second-order valence-corrected chi connectivity index (χ2v) is 6.93. The maximum atomic E-state index is 12.8. The van der Waals surface area contributed by atoms with Crippen LogP contribution in [-0.2, 0) is 0 Å². The van der Waals surface area contributed by atoms with Crippen molar-refractivity contribution in [2.75, 3.05) is 25.5 Å². The minimum atomic E-state index is 0.0945. The summed E-state index contributed by atoms with van der Waals surface area (Å²) in [5.74, 6) is 1.69. The van der Waals surface area contributed by atoms with Crippen LogP contribution in [0.4, 0.5) is 5.82 Å². The van der Waals surface area contributed by atoms with E-state index in [0.717, 1.165) is 48.7 Å². The van der Waals surface area contributed by atoms with E-state index in [1.807, 2.05) is 70.4 Å². The van der Waals surface area contributed by atoms with Crippen molar-refractivity contribution in [3.8, 4) is 11.4 Å². The highest BCUT2D eigenvalue weighted by molar-refractivity contribution is 5.94. The van der Waals surface area contributed by atoms with Gasteiger partial charge in [0.15, 0.2) is 0 Å². The van der Waals surface area contributed by atoms with E-state index in [9.17, 15) is 4.79 Å². The molecule has 6 nitrogen and oxygen atoms in total. The van der Waals surface area contributed by atoms with Crippen LogP contribution in [-0.4, -0.2) is 46.6 Å². The lowest BCUT2D eigenvalue weighted by Crippen LogP contribution is -2.42. The van der Waals surface area contributed by atoms with E-state index in [1.54, 1.807) is 13.3 Å². The van der Waals surface area contributed by atoms with Gasteiger partial charge in [-0.15, -0.1) is 0 Å². The summed E-state index contributed by atoms with van der Waals surface area (Å²) in [4.78, 5) is 19.1. The summed E-state index contributed by atoms with van der Waals surface area (Å²) in [5.41, 5.74) is 1.78. The maximum absolute atomic E-state index is 12.8. The van der Waals surface area contributed by atoms with Gasteiger partial charge in [0.25, 0.3) is 5.91 Å². The number of carbonyl (C=O) groups is 1. The highest BCUT2D eigenvalue weighted by Crippen LogP contribution is 2.20. The van der Waals surface area contributed by atoms with Crippen LogP contribution in [0.2, 0.25) is 0 Å². The molecule has 1 aliphatic heterocycles. The van der Waals surface area contributed by atoms with Crippen LogP contribution in [0.15, 0.2) is 67.1 Å². The molecule has 2 aromatic heterocycles. The highest BCUT2D eigenvalue weighted by Gasteiger charge is 2.23. The molecule has 4 rings (SSSR count). The fourth-order valence-electron chi connectivity index (χ4n) is 3.52. The number of anilines is 1. The third-order valence-corrected chi connectivity index (χ3v) is 5.12. The summed E-state index contributed by atoms with van der Waals surface area (Å²) < 4.78 is 7.26. The number of aromatic nitrogens is 2. The Morgan fingerprint density at radius 1 is 1.11 bits per heavy atom. The zero-order valence-electron chi connectivity index (χ0n) is 15.9. The number of piperidine rings is 1. The van der Waals surface area contributed by atoms with Crippen molar-refractivity contribution in [3.05, 3.63) is 72.7 Å². The van der Waals surface area contributed by atoms with E-state index in [4.69, 9.17) is 4.74 Å². The second kappa shape index (κ2) is 8.17. The quantitative estimate of drug-likeness (QED) is 0.739. The monoisotopic (exact) mass is 376 g/mol. The molecule has 1 aliphatic rings. The summed E-state index contributed by atoms with van der Waals surface area (Å²) in [6.07, 6.45) is 7.51. The number of pyridine rings is 1. The van der Waals surface area contributed by atoms with Crippen LogP contribution in [0.5, 0.6) is 5.75 Å². The molecule has 3 heterocycles. The molecule has 0 radical (unpaired) electrons. The molecule has 0 spiro atoms. The van der Waals surface area contributed by atoms with Gasteiger partial charge < -0.3 is 19.5 Å². The third-order valence-electron chi connectivity index (χ3n) is 5.12. The van der Waals surface area contributed by atoms with Gasteiger partial charge >= 0.3 is 0 Å². The number of methoxy groups -OCH3 is 1. The van der Waals surface area contributed by atoms with E-state index in [2.05, 4.69) is 10.3 Å². The van der Waals surface area contributed by atoms with Crippen molar-refractivity contribution in [1.82, 2.24) is 14.5 Å². The Bertz CT molecular complexity index is 914. The summed E-state index contributed by atoms with van der Waals surface area (Å²) in [6, 6.07) is 15.8. The Kier molecular flexibility index (Phi) is 5.28. The fraction of sp³-hybridized carbons (Fsp3) is 0.273. The van der Waals surface area contributed by atoms with Crippen molar-refractivity contribution in [2.45, 2.75) is 18.9 Å². The fourth-order valence-corrected chi connectivity index (χ4v) is 3.52. The molecule has 0 aliphatic carbocycles. The van der Waals surface area contributed by atoms with Crippen molar-refractivity contribution < 1.29 is 9.53 Å². The number of benzene rings is 1. The van der Waals surface area contributed by atoms with Crippen molar-refractivity contribution in [1.29, 1.82) is 0 Å². The molecule has 144 valence electrons. The van der Waals surface area contributed by atoms with Crippen molar-refractivity contribution in [2.24, 2.45) is 0 Å². The van der Waals surface area contributed by atoms with Crippen LogP contribution in [0, 0.1) is 0 Å². The predicted octanol–water partition coefficient (Wildman–Crippen LogP) is 3.60. The summed E-state index contributed by atoms with van der Waals surface area (Å²) in [7, 11) is 1.65. The van der Waals surface area contributed by atoms with Crippen LogP contribution in [0.3, 0.4) is 0 Å². The van der Waals surface area contributed by atoms with Gasteiger partial charge in [-0.05, 0) is 55.3 Å². The van der Waals surface area contributed by atoms with Crippen LogP contribution < -0.4 is 10.1 Å². The zero-order chi connectivity index (χ0) is 19.3. The van der Waals surface area contributed by atoms with Crippen LogP contribution >= 0.6 is 0 Å². The SMILES string of the molecule is COc1ccnc(NC2CCN(C(=O)c3ccc(-n4cccc4)cc3)CC2)c1. The number of nitrogens with zero attached hydrogens (tertiary/aromatic N) is 3. The number of carbonyl (C=O) groups excluding carboxylic acids is 1. The average molecular weight is 376 g/mol. The molecule has 6 heteroatoms. The Morgan fingerprint density at radius 2 is 1.82 bits per heavy atom. The molecule has 1 saturated heterocycles. The van der Waals surface area contributed by atoms with Crippen molar-refractivity contribution >= 4 is 11.7 Å². The summed E-state index contributed by atoms with van der Waals surface area (Å²) in [5, 5.41) is 3.45. The van der Waals surface area contributed by atoms with E-state index < -0.39 is 0 Å². The summed E-state index contributed by atoms with van der Waals surface area (Å²) >= 11 is 0. The van der Waals surface area contributed by atoms with Crippen LogP contribution in [0.25, 0.3) is 5.69 Å². The summed E-state index contributed by atoms with van der Waals surface area (Å²) in [6.45, 7) is 1.47. The number of likely N-dealkylation sites (tertiary alicyclic amines) is 1. The van der Waals surface area contributed by atoms with Gasteiger partial charge in [-0.2, -0.15) is 0 Å². The van der Waals surface area contributed by atoms with Gasteiger partial charge in [0, 0.05) is 55.0 Å². The molecule has 1 N–H and O–H groups in total. The lowest BCUT2D eigenvalue weighted by atomic mass is 10.0. The molecule has 0 unspecified atom stereocenters. The lowest BCUT2D eigenvalue weighted by Gasteiger charge is -2.32. The molecule has 1 fully saturated rings. The normalized spacial score (nSPS) is 14.7. The third kappa shape index (κ3) is 4.01. The Balaban J connectivity index is 1.33. The largest absolute Gasteiger partial charge is 0.497 e. The van der Waals surface area contributed by atoms with Crippen LogP contribution in [0.1, 0.15) is 23.2 Å². The van der Waals surface area contributed by atoms with Gasteiger partial charge in [0.05, 0.1) is 7.11 Å². The van der Waals surface area contributed by atoms with Crippen molar-refractivity contribution in [3.63, 3.8) is 0 Å². The second-order valence-electron chi connectivity index (χ2n) is 6.93. The van der Waals surface area contributed by atoms with E-state index in [0.29, 0.717) is 6.04 Å². The van der Waals surface area contributed by atoms with Gasteiger partial charge in [-0.3, -0.25) is 4.79 Å². The minimum absolute atomic E-state index is 0.0945. The number of ether oxygens (including phenoxy) is 1. The highest BCUT2D eigenvalue weighted by atomic mass is 16.5. The molecule has 28 heavy (non-hydrogen) atoms. The molecular weight excluding hydrogens is 352 g/mol. The topological polar surface area (TPSA) is 59.4 Å². The molecule has 1 amide bonds. The predicted molar refractivity (Wildman–Crippen MR) is 109 cm³/mol. The Labute approximate surface area is 164 Å². The van der Waals surface area contributed by atoms with Gasteiger partial charge in [-0.25, -0.2) is 4.98 Å². The Hall–Kier alpha value is -3.28. The van der Waals surface area contributed by atoms with Gasteiger partial charge in [0.2, 0.25) is 0 Å². The molecule has 1 aromatic carbocycles. The maximum Gasteiger partial charge on any atom is 0.253 e. The first kappa shape index (κ1) is 18.1. The van der Waals surface area contributed by atoms with Gasteiger partial charge in [0.1, 0.15) is 11.6 Å². The number of hydrogen-bond acceptors (Lipinski definition) is 4. The lowest BCUT2D eigenvalue weighted by molar-refractivity contribution is 0.0718. The number of amides is 1. The smallest absolute Gasteiger partial charge is 0.253 e. The number of rotatable bonds is 5.